The Hall–Kier alpha value is -1.96. The predicted molar refractivity (Wildman–Crippen MR) is 91.5 cm³/mol. The first-order valence-corrected chi connectivity index (χ1v) is 8.68. The highest BCUT2D eigenvalue weighted by molar-refractivity contribution is 7.09. The highest BCUT2D eigenvalue weighted by Gasteiger charge is 2.21. The van der Waals surface area contributed by atoms with Gasteiger partial charge in [-0.25, -0.2) is 15.0 Å². The summed E-state index contributed by atoms with van der Waals surface area (Å²) in [6.45, 7) is 9.60. The number of aromatic nitrogens is 4. The van der Waals surface area contributed by atoms with Crippen molar-refractivity contribution in [3.8, 4) is 5.88 Å². The molecule has 0 aliphatic carbocycles. The zero-order chi connectivity index (χ0) is 16.2. The summed E-state index contributed by atoms with van der Waals surface area (Å²) in [6.07, 6.45) is 4.52. The predicted octanol–water partition coefficient (Wildman–Crippen LogP) is 2.14. The average Bonchev–Trinajstić information content (AvgIpc) is 2.81. The molecule has 0 saturated carbocycles. The van der Waals surface area contributed by atoms with Crippen LogP contribution in [-0.2, 0) is 0 Å². The van der Waals surface area contributed by atoms with Crippen molar-refractivity contribution in [2.75, 3.05) is 36.0 Å². The van der Waals surface area contributed by atoms with E-state index in [0.29, 0.717) is 5.88 Å². The van der Waals surface area contributed by atoms with E-state index in [1.807, 2.05) is 20.8 Å². The van der Waals surface area contributed by atoms with E-state index in [0.717, 1.165) is 49.4 Å². The summed E-state index contributed by atoms with van der Waals surface area (Å²) in [6, 6.07) is 0. The lowest BCUT2D eigenvalue weighted by Crippen LogP contribution is -2.31. The molecule has 1 fully saturated rings. The van der Waals surface area contributed by atoms with Crippen LogP contribution in [0.1, 0.15) is 26.1 Å². The molecule has 3 rings (SSSR count). The van der Waals surface area contributed by atoms with Gasteiger partial charge < -0.3 is 14.5 Å². The Bertz CT molecular complexity index is 646. The van der Waals surface area contributed by atoms with Crippen molar-refractivity contribution < 1.29 is 4.74 Å². The molecule has 0 radical (unpaired) electrons. The van der Waals surface area contributed by atoms with Gasteiger partial charge in [0.25, 0.3) is 5.88 Å². The summed E-state index contributed by atoms with van der Waals surface area (Å²) < 4.78 is 10.1. The lowest BCUT2D eigenvalue weighted by atomic mass is 10.4. The molecule has 0 aromatic carbocycles. The summed E-state index contributed by atoms with van der Waals surface area (Å²) >= 11 is 1.47. The molecule has 0 spiro atoms. The third-order valence-corrected chi connectivity index (χ3v) is 4.44. The normalized spacial score (nSPS) is 15.8. The summed E-state index contributed by atoms with van der Waals surface area (Å²) in [5.74, 6) is 2.28. The summed E-state index contributed by atoms with van der Waals surface area (Å²) in [7, 11) is 0. The molecule has 7 nitrogen and oxygen atoms in total. The maximum atomic E-state index is 5.81. The molecule has 0 atom stereocenters. The fraction of sp³-hybridized carbons (Fsp3) is 0.600. The van der Waals surface area contributed by atoms with Gasteiger partial charge in [0.15, 0.2) is 5.82 Å². The van der Waals surface area contributed by atoms with E-state index in [-0.39, 0.29) is 6.10 Å². The molecule has 1 aliphatic rings. The van der Waals surface area contributed by atoms with E-state index in [1.54, 1.807) is 12.4 Å². The van der Waals surface area contributed by atoms with Crippen molar-refractivity contribution in [3.05, 3.63) is 18.2 Å². The largest absolute Gasteiger partial charge is 0.472 e. The number of anilines is 2. The van der Waals surface area contributed by atoms with Gasteiger partial charge in [-0.1, -0.05) is 0 Å². The van der Waals surface area contributed by atoms with Gasteiger partial charge in [-0.2, -0.15) is 4.37 Å². The van der Waals surface area contributed by atoms with Crippen LogP contribution in [0.2, 0.25) is 0 Å². The minimum absolute atomic E-state index is 0.0818. The van der Waals surface area contributed by atoms with Crippen LogP contribution in [-0.4, -0.2) is 51.6 Å². The molecule has 8 heteroatoms. The number of rotatable bonds is 4. The van der Waals surface area contributed by atoms with Crippen molar-refractivity contribution in [2.45, 2.75) is 33.3 Å². The molecule has 2 aromatic heterocycles. The van der Waals surface area contributed by atoms with Gasteiger partial charge >= 0.3 is 0 Å². The Labute approximate surface area is 140 Å². The highest BCUT2D eigenvalue weighted by atomic mass is 32.1. The quantitative estimate of drug-likeness (QED) is 0.848. The molecular formula is C15H22N6OS. The smallest absolute Gasteiger partial charge is 0.257 e. The number of nitrogens with zero attached hydrogens (tertiary/aromatic N) is 6. The lowest BCUT2D eigenvalue weighted by Gasteiger charge is -2.24. The monoisotopic (exact) mass is 334 g/mol. The Morgan fingerprint density at radius 1 is 1.09 bits per heavy atom. The number of hydrogen-bond acceptors (Lipinski definition) is 8. The molecule has 1 aliphatic heterocycles. The zero-order valence-corrected chi connectivity index (χ0v) is 14.6. The van der Waals surface area contributed by atoms with Crippen LogP contribution in [0.5, 0.6) is 5.88 Å². The van der Waals surface area contributed by atoms with Gasteiger partial charge in [-0.05, 0) is 27.2 Å². The minimum atomic E-state index is 0.0818. The second-order valence-corrected chi connectivity index (χ2v) is 6.53. The van der Waals surface area contributed by atoms with Crippen LogP contribution >= 0.6 is 11.5 Å². The highest BCUT2D eigenvalue weighted by Crippen LogP contribution is 2.26. The van der Waals surface area contributed by atoms with Crippen LogP contribution in [0.3, 0.4) is 0 Å². The van der Waals surface area contributed by atoms with Crippen LogP contribution < -0.4 is 14.5 Å². The van der Waals surface area contributed by atoms with Crippen molar-refractivity contribution >= 4 is 22.5 Å². The molecule has 1 saturated heterocycles. The van der Waals surface area contributed by atoms with Crippen molar-refractivity contribution in [3.63, 3.8) is 0 Å². The SMILES string of the molecule is Cc1nsc(N2CCCN(c3nccnc3OC(C)C)CC2)n1. The Morgan fingerprint density at radius 2 is 1.83 bits per heavy atom. The summed E-state index contributed by atoms with van der Waals surface area (Å²) in [5, 5.41) is 1.00. The van der Waals surface area contributed by atoms with Crippen molar-refractivity contribution in [1.29, 1.82) is 0 Å². The second-order valence-electron chi connectivity index (χ2n) is 5.80. The van der Waals surface area contributed by atoms with Gasteiger partial charge in [-0.15, -0.1) is 0 Å². The molecule has 23 heavy (non-hydrogen) atoms. The number of hydrogen-bond donors (Lipinski definition) is 0. The first kappa shape index (κ1) is 15.9. The van der Waals surface area contributed by atoms with E-state index < -0.39 is 0 Å². The first-order chi connectivity index (χ1) is 11.1. The lowest BCUT2D eigenvalue weighted by molar-refractivity contribution is 0.232. The molecule has 0 bridgehead atoms. The Morgan fingerprint density at radius 3 is 2.57 bits per heavy atom. The number of aryl methyl sites for hydroxylation is 1. The molecular weight excluding hydrogens is 312 g/mol. The number of ether oxygens (including phenoxy) is 1. The maximum absolute atomic E-state index is 5.81. The van der Waals surface area contributed by atoms with Gasteiger partial charge in [0.2, 0.25) is 5.13 Å². The van der Waals surface area contributed by atoms with E-state index in [9.17, 15) is 0 Å². The standard InChI is InChI=1S/C15H22N6OS/c1-11(2)22-14-13(16-5-6-17-14)20-7-4-8-21(10-9-20)15-18-12(3)19-23-15/h5-6,11H,4,7-10H2,1-3H3. The van der Waals surface area contributed by atoms with Crippen LogP contribution in [0.4, 0.5) is 10.9 Å². The molecule has 0 unspecified atom stereocenters. The average molecular weight is 334 g/mol. The fourth-order valence-electron chi connectivity index (χ4n) is 2.58. The van der Waals surface area contributed by atoms with Gasteiger partial charge in [0.1, 0.15) is 5.82 Å². The zero-order valence-electron chi connectivity index (χ0n) is 13.8. The van der Waals surface area contributed by atoms with Crippen molar-refractivity contribution in [1.82, 2.24) is 19.3 Å². The van der Waals surface area contributed by atoms with Crippen LogP contribution in [0.15, 0.2) is 12.4 Å². The molecule has 2 aromatic rings. The minimum Gasteiger partial charge on any atom is -0.472 e. The van der Waals surface area contributed by atoms with Crippen molar-refractivity contribution in [2.24, 2.45) is 0 Å². The van der Waals surface area contributed by atoms with E-state index >= 15 is 0 Å². The molecule has 124 valence electrons. The fourth-order valence-corrected chi connectivity index (χ4v) is 3.30. The van der Waals surface area contributed by atoms with Gasteiger partial charge in [0.05, 0.1) is 6.10 Å². The summed E-state index contributed by atoms with van der Waals surface area (Å²) in [4.78, 5) is 17.9. The van der Waals surface area contributed by atoms with E-state index in [1.165, 1.54) is 11.5 Å². The van der Waals surface area contributed by atoms with Crippen LogP contribution in [0, 0.1) is 6.92 Å². The summed E-state index contributed by atoms with van der Waals surface area (Å²) in [5.41, 5.74) is 0. The topological polar surface area (TPSA) is 67.3 Å². The van der Waals surface area contributed by atoms with E-state index in [4.69, 9.17) is 4.74 Å². The van der Waals surface area contributed by atoms with Gasteiger partial charge in [0, 0.05) is 50.1 Å². The molecule has 0 amide bonds. The Balaban J connectivity index is 1.73. The Kier molecular flexibility index (Phi) is 4.90. The maximum Gasteiger partial charge on any atom is 0.257 e. The first-order valence-electron chi connectivity index (χ1n) is 7.91. The van der Waals surface area contributed by atoms with Crippen LogP contribution in [0.25, 0.3) is 0 Å². The second kappa shape index (κ2) is 7.08. The molecule has 0 N–H and O–H groups in total. The third-order valence-electron chi connectivity index (χ3n) is 3.58. The van der Waals surface area contributed by atoms with E-state index in [2.05, 4.69) is 29.1 Å². The third kappa shape index (κ3) is 3.87. The molecule has 3 heterocycles. The van der Waals surface area contributed by atoms with Gasteiger partial charge in [-0.3, -0.25) is 0 Å².